The van der Waals surface area contributed by atoms with Crippen LogP contribution >= 0.6 is 23.1 Å². The van der Waals surface area contributed by atoms with E-state index < -0.39 is 0 Å². The largest absolute Gasteiger partial charge is 0.379 e. The standard InChI is InChI=1S/C17H16N2S2/c1-20-15-9-7-14(8-10-15)18-11-17-19-16(12-21-17)13-5-3-2-4-6-13/h2-10,12,18H,11H2,1H3. The molecular formula is C17H16N2S2. The topological polar surface area (TPSA) is 24.9 Å². The number of anilines is 1. The number of hydrogen-bond acceptors (Lipinski definition) is 4. The summed E-state index contributed by atoms with van der Waals surface area (Å²) in [6.45, 7) is 0.760. The summed E-state index contributed by atoms with van der Waals surface area (Å²) in [4.78, 5) is 5.96. The van der Waals surface area contributed by atoms with Crippen molar-refractivity contribution in [3.63, 3.8) is 0 Å². The lowest BCUT2D eigenvalue weighted by molar-refractivity contribution is 1.10. The molecule has 0 fully saturated rings. The first-order valence-corrected chi connectivity index (χ1v) is 8.83. The Labute approximate surface area is 133 Å². The van der Waals surface area contributed by atoms with Crippen LogP contribution in [0.15, 0.2) is 64.9 Å². The van der Waals surface area contributed by atoms with Gasteiger partial charge in [0, 0.05) is 21.5 Å². The Bertz CT molecular complexity index is 690. The molecule has 0 amide bonds. The molecule has 0 saturated heterocycles. The minimum atomic E-state index is 0.760. The Kier molecular flexibility index (Phi) is 4.58. The van der Waals surface area contributed by atoms with Crippen LogP contribution in [0.25, 0.3) is 11.3 Å². The predicted molar refractivity (Wildman–Crippen MR) is 93.1 cm³/mol. The molecule has 0 bridgehead atoms. The molecule has 3 rings (SSSR count). The smallest absolute Gasteiger partial charge is 0.112 e. The summed E-state index contributed by atoms with van der Waals surface area (Å²) in [5.74, 6) is 0. The van der Waals surface area contributed by atoms with Gasteiger partial charge >= 0.3 is 0 Å². The summed E-state index contributed by atoms with van der Waals surface area (Å²) >= 11 is 3.45. The number of nitrogens with one attached hydrogen (secondary N) is 1. The number of hydrogen-bond donors (Lipinski definition) is 1. The molecule has 0 spiro atoms. The Balaban J connectivity index is 1.64. The van der Waals surface area contributed by atoms with Crippen molar-refractivity contribution < 1.29 is 0 Å². The Morgan fingerprint density at radius 3 is 2.52 bits per heavy atom. The second-order valence-corrected chi connectivity index (χ2v) is 6.40. The molecule has 2 aromatic carbocycles. The zero-order valence-corrected chi connectivity index (χ0v) is 13.4. The Hall–Kier alpha value is -1.78. The summed E-state index contributed by atoms with van der Waals surface area (Å²) in [6, 6.07) is 18.8. The molecule has 106 valence electrons. The molecule has 1 N–H and O–H groups in total. The molecule has 4 heteroatoms. The summed E-state index contributed by atoms with van der Waals surface area (Å²) in [6.07, 6.45) is 2.09. The lowest BCUT2D eigenvalue weighted by atomic mass is 10.2. The van der Waals surface area contributed by atoms with Gasteiger partial charge in [-0.2, -0.15) is 0 Å². The number of thioether (sulfide) groups is 1. The van der Waals surface area contributed by atoms with Crippen LogP contribution in [0.3, 0.4) is 0 Å². The van der Waals surface area contributed by atoms with Crippen LogP contribution in [0.4, 0.5) is 5.69 Å². The molecule has 1 aromatic heterocycles. The number of benzene rings is 2. The Morgan fingerprint density at radius 1 is 1.05 bits per heavy atom. The first-order chi connectivity index (χ1) is 10.3. The van der Waals surface area contributed by atoms with Crippen molar-refractivity contribution in [2.75, 3.05) is 11.6 Å². The summed E-state index contributed by atoms with van der Waals surface area (Å²) in [7, 11) is 0. The van der Waals surface area contributed by atoms with Gasteiger partial charge in [-0.25, -0.2) is 4.98 Å². The van der Waals surface area contributed by atoms with Gasteiger partial charge in [-0.3, -0.25) is 0 Å². The lowest BCUT2D eigenvalue weighted by Gasteiger charge is -2.04. The number of aromatic nitrogens is 1. The number of thiazole rings is 1. The molecule has 21 heavy (non-hydrogen) atoms. The van der Waals surface area contributed by atoms with Gasteiger partial charge in [-0.05, 0) is 30.5 Å². The highest BCUT2D eigenvalue weighted by atomic mass is 32.2. The maximum atomic E-state index is 4.68. The molecular weight excluding hydrogens is 296 g/mol. The van der Waals surface area contributed by atoms with Gasteiger partial charge in [0.15, 0.2) is 0 Å². The van der Waals surface area contributed by atoms with Crippen molar-refractivity contribution in [1.29, 1.82) is 0 Å². The molecule has 0 aliphatic rings. The highest BCUT2D eigenvalue weighted by Crippen LogP contribution is 2.23. The van der Waals surface area contributed by atoms with Crippen LogP contribution in [-0.2, 0) is 6.54 Å². The third-order valence-corrected chi connectivity index (χ3v) is 4.75. The van der Waals surface area contributed by atoms with E-state index in [1.165, 1.54) is 10.5 Å². The average Bonchev–Trinajstić information content (AvgIpc) is 3.03. The first-order valence-electron chi connectivity index (χ1n) is 6.73. The SMILES string of the molecule is CSc1ccc(NCc2nc(-c3ccccc3)cs2)cc1. The number of rotatable bonds is 5. The van der Waals surface area contributed by atoms with Gasteiger partial charge in [-0.15, -0.1) is 23.1 Å². The van der Waals surface area contributed by atoms with Crippen LogP contribution in [0.5, 0.6) is 0 Å². The first kappa shape index (κ1) is 14.2. The van der Waals surface area contributed by atoms with Crippen LogP contribution in [0, 0.1) is 0 Å². The van der Waals surface area contributed by atoms with Gasteiger partial charge in [0.1, 0.15) is 5.01 Å². The van der Waals surface area contributed by atoms with E-state index in [1.54, 1.807) is 23.1 Å². The highest BCUT2D eigenvalue weighted by molar-refractivity contribution is 7.98. The van der Waals surface area contributed by atoms with E-state index in [1.807, 2.05) is 18.2 Å². The lowest BCUT2D eigenvalue weighted by Crippen LogP contribution is -1.98. The van der Waals surface area contributed by atoms with Crippen LogP contribution in [0.2, 0.25) is 0 Å². The van der Waals surface area contributed by atoms with Crippen molar-refractivity contribution in [3.05, 3.63) is 65.0 Å². The predicted octanol–water partition coefficient (Wildman–Crippen LogP) is 5.14. The van der Waals surface area contributed by atoms with Gasteiger partial charge in [0.2, 0.25) is 0 Å². The summed E-state index contributed by atoms with van der Waals surface area (Å²) in [5.41, 5.74) is 3.35. The fourth-order valence-corrected chi connectivity index (χ4v) is 3.17. The number of nitrogens with zero attached hydrogens (tertiary/aromatic N) is 1. The van der Waals surface area contributed by atoms with E-state index >= 15 is 0 Å². The van der Waals surface area contributed by atoms with E-state index in [-0.39, 0.29) is 0 Å². The van der Waals surface area contributed by atoms with Crippen LogP contribution in [0.1, 0.15) is 5.01 Å². The van der Waals surface area contributed by atoms with Crippen molar-refractivity contribution >= 4 is 28.8 Å². The fraction of sp³-hybridized carbons (Fsp3) is 0.118. The molecule has 1 heterocycles. The minimum Gasteiger partial charge on any atom is -0.379 e. The van der Waals surface area contributed by atoms with Gasteiger partial charge in [0.25, 0.3) is 0 Å². The minimum absolute atomic E-state index is 0.760. The zero-order chi connectivity index (χ0) is 14.5. The average molecular weight is 312 g/mol. The van der Waals surface area contributed by atoms with Gasteiger partial charge < -0.3 is 5.32 Å². The van der Waals surface area contributed by atoms with Crippen molar-refractivity contribution in [3.8, 4) is 11.3 Å². The van der Waals surface area contributed by atoms with Crippen molar-refractivity contribution in [2.45, 2.75) is 11.4 Å². The third-order valence-electron chi connectivity index (χ3n) is 3.16. The van der Waals surface area contributed by atoms with Gasteiger partial charge in [-0.1, -0.05) is 30.3 Å². The Morgan fingerprint density at radius 2 is 1.81 bits per heavy atom. The molecule has 0 aliphatic carbocycles. The van der Waals surface area contributed by atoms with E-state index in [4.69, 9.17) is 0 Å². The summed E-state index contributed by atoms with van der Waals surface area (Å²) in [5, 5.41) is 6.63. The quantitative estimate of drug-likeness (QED) is 0.660. The molecule has 0 radical (unpaired) electrons. The van der Waals surface area contributed by atoms with E-state index in [0.717, 1.165) is 22.9 Å². The molecule has 0 atom stereocenters. The van der Waals surface area contributed by atoms with E-state index in [2.05, 4.69) is 58.3 Å². The second kappa shape index (κ2) is 6.78. The summed E-state index contributed by atoms with van der Waals surface area (Å²) < 4.78 is 0. The van der Waals surface area contributed by atoms with Crippen molar-refractivity contribution in [2.24, 2.45) is 0 Å². The maximum Gasteiger partial charge on any atom is 0.112 e. The highest BCUT2D eigenvalue weighted by Gasteiger charge is 2.04. The van der Waals surface area contributed by atoms with Crippen molar-refractivity contribution in [1.82, 2.24) is 4.98 Å². The van der Waals surface area contributed by atoms with Gasteiger partial charge in [0.05, 0.1) is 12.2 Å². The zero-order valence-electron chi connectivity index (χ0n) is 11.7. The third kappa shape index (κ3) is 3.65. The molecule has 2 nitrogen and oxygen atoms in total. The fourth-order valence-electron chi connectivity index (χ4n) is 2.02. The monoisotopic (exact) mass is 312 g/mol. The molecule has 0 saturated carbocycles. The maximum absolute atomic E-state index is 4.68. The second-order valence-electron chi connectivity index (χ2n) is 4.57. The molecule has 0 unspecified atom stereocenters. The normalized spacial score (nSPS) is 10.5. The van der Waals surface area contributed by atoms with Crippen LogP contribution in [-0.4, -0.2) is 11.2 Å². The van der Waals surface area contributed by atoms with E-state index in [0.29, 0.717) is 0 Å². The molecule has 3 aromatic rings. The van der Waals surface area contributed by atoms with Crippen LogP contribution < -0.4 is 5.32 Å². The molecule has 0 aliphatic heterocycles. The van der Waals surface area contributed by atoms with E-state index in [9.17, 15) is 0 Å².